The highest BCUT2D eigenvalue weighted by atomic mass is 32.2. The highest BCUT2D eigenvalue weighted by Gasteiger charge is 2.47. The molecule has 0 saturated carbocycles. The Bertz CT molecular complexity index is 1970. The molecule has 4 aromatic rings. The fourth-order valence-corrected chi connectivity index (χ4v) is 10.1. The van der Waals surface area contributed by atoms with Crippen molar-refractivity contribution in [1.82, 2.24) is 28.8 Å². The number of hydrogen-bond donors (Lipinski definition) is 2. The molecule has 13 heteroatoms. The van der Waals surface area contributed by atoms with Crippen LogP contribution in [0.25, 0.3) is 32.8 Å². The van der Waals surface area contributed by atoms with E-state index in [0.717, 1.165) is 56.0 Å². The van der Waals surface area contributed by atoms with E-state index in [0.29, 0.717) is 48.6 Å². The van der Waals surface area contributed by atoms with Crippen molar-refractivity contribution < 1.29 is 22.7 Å². The number of nitrogens with one attached hydrogen (secondary N) is 1. The number of rotatable bonds is 8. The lowest BCUT2D eigenvalue weighted by Gasteiger charge is -2.41. The zero-order valence-corrected chi connectivity index (χ0v) is 28.2. The van der Waals surface area contributed by atoms with E-state index in [1.54, 1.807) is 22.5 Å². The van der Waals surface area contributed by atoms with Crippen molar-refractivity contribution in [3.05, 3.63) is 54.3 Å². The maximum atomic E-state index is 16.8. The maximum absolute atomic E-state index is 16.8. The van der Waals surface area contributed by atoms with Gasteiger partial charge >= 0.3 is 6.01 Å². The van der Waals surface area contributed by atoms with Gasteiger partial charge in [0.25, 0.3) is 10.2 Å². The standard InChI is InChI=1S/C35H42FN7O4S/c1-40-15-13-23(18-40)39-48(45,46)43-24-9-10-25(43)20-42(19-24)34-30-12-11-29(31-17-27(44)16-22-6-3-4-8-28(22)31)32(36)33(30)37-35(38-34)47-21-26-7-5-14-41(26)2/h3-4,6,8,11-12,16-17,23-26,39,44H,5,7,9-10,13-15,18-21H2,1-2H3/t23-,24?,25?,26+/m1/s1. The molecule has 4 saturated heterocycles. The molecule has 4 atom stereocenters. The molecule has 0 spiro atoms. The van der Waals surface area contributed by atoms with Gasteiger partial charge < -0.3 is 24.5 Å². The predicted octanol–water partition coefficient (Wildman–Crippen LogP) is 3.96. The summed E-state index contributed by atoms with van der Waals surface area (Å²) in [6.45, 7) is 3.82. The van der Waals surface area contributed by atoms with Crippen LogP contribution in [0.5, 0.6) is 11.8 Å². The number of hydrogen-bond acceptors (Lipinski definition) is 9. The third kappa shape index (κ3) is 5.75. The van der Waals surface area contributed by atoms with Gasteiger partial charge in [-0.15, -0.1) is 0 Å². The highest BCUT2D eigenvalue weighted by Crippen LogP contribution is 2.40. The summed E-state index contributed by atoms with van der Waals surface area (Å²) in [5, 5.41) is 12.7. The number of ether oxygens (including phenoxy) is 1. The number of aromatic hydroxyl groups is 1. The van der Waals surface area contributed by atoms with Crippen LogP contribution >= 0.6 is 0 Å². The van der Waals surface area contributed by atoms with Gasteiger partial charge in [-0.05, 0) is 93.8 Å². The Hall–Kier alpha value is -3.62. The SMILES string of the molecule is CN1CC[C@@H](NS(=O)(=O)N2C3CCC2CN(c2nc(OC[C@@H]4CCCN4C)nc4c(F)c(-c5cc(O)cc6ccccc56)ccc24)C3)C1. The van der Waals surface area contributed by atoms with Gasteiger partial charge in [0.15, 0.2) is 5.82 Å². The second-order valence-electron chi connectivity index (χ2n) is 13.9. The molecule has 0 amide bonds. The monoisotopic (exact) mass is 675 g/mol. The number of phenolic OH excluding ortho intramolecular Hbond substituents is 1. The molecule has 2 N–H and O–H groups in total. The lowest BCUT2D eigenvalue weighted by Crippen LogP contribution is -2.59. The first-order chi connectivity index (χ1) is 23.1. The number of aromatic nitrogens is 2. The normalized spacial score (nSPS) is 25.5. The topological polar surface area (TPSA) is 114 Å². The molecule has 4 aliphatic heterocycles. The minimum atomic E-state index is -3.68. The minimum absolute atomic E-state index is 0.0500. The third-order valence-corrected chi connectivity index (χ3v) is 12.5. The first kappa shape index (κ1) is 31.6. The maximum Gasteiger partial charge on any atom is 0.319 e. The number of fused-ring (bicyclic) bond motifs is 4. The second kappa shape index (κ2) is 12.4. The molecule has 4 fully saturated rings. The summed E-state index contributed by atoms with van der Waals surface area (Å²) in [7, 11) is 0.394. The fourth-order valence-electron chi connectivity index (χ4n) is 8.25. The molecule has 254 valence electrons. The van der Waals surface area contributed by atoms with E-state index in [9.17, 15) is 13.5 Å². The lowest BCUT2D eigenvalue weighted by atomic mass is 9.96. The Morgan fingerprint density at radius 1 is 0.938 bits per heavy atom. The number of halogens is 1. The molecule has 4 aliphatic rings. The summed E-state index contributed by atoms with van der Waals surface area (Å²) in [6.07, 6.45) is 4.38. The molecule has 11 nitrogen and oxygen atoms in total. The van der Waals surface area contributed by atoms with Crippen LogP contribution in [0, 0.1) is 5.82 Å². The number of piperazine rings is 1. The van der Waals surface area contributed by atoms with Gasteiger partial charge in [-0.2, -0.15) is 27.4 Å². The van der Waals surface area contributed by atoms with E-state index < -0.39 is 16.0 Å². The Kier molecular flexibility index (Phi) is 8.15. The molecule has 5 heterocycles. The summed E-state index contributed by atoms with van der Waals surface area (Å²) in [5.74, 6) is 0.0685. The van der Waals surface area contributed by atoms with Gasteiger partial charge in [0, 0.05) is 54.8 Å². The van der Waals surface area contributed by atoms with Crippen LogP contribution in [-0.2, 0) is 10.2 Å². The van der Waals surface area contributed by atoms with Crippen molar-refractivity contribution >= 4 is 37.7 Å². The van der Waals surface area contributed by atoms with E-state index in [1.165, 1.54) is 0 Å². The Balaban J connectivity index is 1.16. The van der Waals surface area contributed by atoms with Gasteiger partial charge in [0.05, 0.1) is 0 Å². The van der Waals surface area contributed by atoms with Crippen molar-refractivity contribution in [3.8, 4) is 22.9 Å². The van der Waals surface area contributed by atoms with Crippen molar-refractivity contribution in [2.24, 2.45) is 0 Å². The average molecular weight is 676 g/mol. The largest absolute Gasteiger partial charge is 0.508 e. The van der Waals surface area contributed by atoms with E-state index >= 15 is 4.39 Å². The summed E-state index contributed by atoms with van der Waals surface area (Å²) in [6, 6.07) is 14.1. The number of phenols is 1. The molecule has 0 aliphatic carbocycles. The van der Waals surface area contributed by atoms with Crippen LogP contribution in [0.2, 0.25) is 0 Å². The molecule has 1 aromatic heterocycles. The quantitative estimate of drug-likeness (QED) is 0.287. The molecular weight excluding hydrogens is 633 g/mol. The lowest BCUT2D eigenvalue weighted by molar-refractivity contribution is 0.188. The van der Waals surface area contributed by atoms with Crippen LogP contribution in [-0.4, -0.2) is 115 Å². The van der Waals surface area contributed by atoms with Gasteiger partial charge in [-0.1, -0.05) is 30.3 Å². The zero-order valence-electron chi connectivity index (χ0n) is 27.3. The van der Waals surface area contributed by atoms with E-state index in [4.69, 9.17) is 9.72 Å². The number of anilines is 1. The molecule has 48 heavy (non-hydrogen) atoms. The molecule has 0 radical (unpaired) electrons. The summed E-state index contributed by atoms with van der Waals surface area (Å²) < 4.78 is 54.9. The second-order valence-corrected chi connectivity index (χ2v) is 15.6. The average Bonchev–Trinajstić information content (AvgIpc) is 3.75. The number of benzene rings is 3. The van der Waals surface area contributed by atoms with Crippen LogP contribution in [0.4, 0.5) is 10.2 Å². The van der Waals surface area contributed by atoms with E-state index in [1.807, 2.05) is 37.4 Å². The first-order valence-corrected chi connectivity index (χ1v) is 18.4. The number of likely N-dealkylation sites (N-methyl/N-ethyl adjacent to an activating group) is 2. The highest BCUT2D eigenvalue weighted by molar-refractivity contribution is 7.87. The minimum Gasteiger partial charge on any atom is -0.508 e. The molecule has 8 rings (SSSR count). The fraction of sp³-hybridized carbons (Fsp3) is 0.486. The predicted molar refractivity (Wildman–Crippen MR) is 184 cm³/mol. The molecule has 3 aromatic carbocycles. The van der Waals surface area contributed by atoms with Crippen LogP contribution in [0.3, 0.4) is 0 Å². The summed E-state index contributed by atoms with van der Waals surface area (Å²) >= 11 is 0. The third-order valence-electron chi connectivity index (χ3n) is 10.7. The van der Waals surface area contributed by atoms with Crippen LogP contribution < -0.4 is 14.4 Å². The van der Waals surface area contributed by atoms with Gasteiger partial charge in [0.2, 0.25) is 0 Å². The van der Waals surface area contributed by atoms with E-state index in [2.05, 4.69) is 31.5 Å². The van der Waals surface area contributed by atoms with Gasteiger partial charge in [0.1, 0.15) is 23.7 Å². The molecule has 2 bridgehead atoms. The Morgan fingerprint density at radius 2 is 1.73 bits per heavy atom. The summed E-state index contributed by atoms with van der Waals surface area (Å²) in [4.78, 5) is 16.0. The summed E-state index contributed by atoms with van der Waals surface area (Å²) in [5.41, 5.74) is 1.02. The van der Waals surface area contributed by atoms with Crippen LogP contribution in [0.15, 0.2) is 48.5 Å². The van der Waals surface area contributed by atoms with Crippen LogP contribution in [0.1, 0.15) is 32.1 Å². The van der Waals surface area contributed by atoms with E-state index in [-0.39, 0.29) is 41.4 Å². The van der Waals surface area contributed by atoms with Gasteiger partial charge in [-0.3, -0.25) is 0 Å². The Morgan fingerprint density at radius 3 is 2.46 bits per heavy atom. The molecule has 2 unspecified atom stereocenters. The smallest absolute Gasteiger partial charge is 0.319 e. The van der Waals surface area contributed by atoms with Crippen molar-refractivity contribution in [3.63, 3.8) is 0 Å². The van der Waals surface area contributed by atoms with Crippen molar-refractivity contribution in [2.45, 2.75) is 56.3 Å². The number of nitrogens with zero attached hydrogens (tertiary/aromatic N) is 6. The zero-order chi connectivity index (χ0) is 33.2. The van der Waals surface area contributed by atoms with Crippen molar-refractivity contribution in [1.29, 1.82) is 0 Å². The van der Waals surface area contributed by atoms with Gasteiger partial charge in [-0.25, -0.2) is 4.39 Å². The molecular formula is C35H42FN7O4S. The van der Waals surface area contributed by atoms with Crippen molar-refractivity contribution in [2.75, 3.05) is 58.3 Å². The first-order valence-electron chi connectivity index (χ1n) is 16.9. The Labute approximate surface area is 280 Å². The number of likely N-dealkylation sites (tertiary alicyclic amines) is 2.